The van der Waals surface area contributed by atoms with Gasteiger partial charge >= 0.3 is 0 Å². The Morgan fingerprint density at radius 2 is 2.04 bits per heavy atom. The molecule has 0 aliphatic rings. The maximum Gasteiger partial charge on any atom is 0.226 e. The third-order valence-corrected chi connectivity index (χ3v) is 4.45. The van der Waals surface area contributed by atoms with Crippen molar-refractivity contribution in [3.05, 3.63) is 64.2 Å². The molecule has 2 heterocycles. The number of nitrogens with one attached hydrogen (secondary N) is 1. The molecule has 0 fully saturated rings. The van der Waals surface area contributed by atoms with Gasteiger partial charge in [-0.2, -0.15) is 11.3 Å². The molecule has 0 aliphatic heterocycles. The number of oxazole rings is 1. The highest BCUT2D eigenvalue weighted by Gasteiger charge is 2.23. The van der Waals surface area contributed by atoms with E-state index < -0.39 is 5.60 Å². The summed E-state index contributed by atoms with van der Waals surface area (Å²) in [5.41, 5.74) is 3.03. The number of aliphatic hydroxyl groups is 1. The van der Waals surface area contributed by atoms with Gasteiger partial charge in [-0.3, -0.25) is 0 Å². The standard InChI is InChI=1S/C18H20N2O2S/c1-13-3-5-14(6-4-13)17-20-16(10-22-17)9-19-12-18(2,21)15-7-8-23-11-15/h3-8,10-11,19,21H,9,12H2,1-2H3. The average Bonchev–Trinajstić information content (AvgIpc) is 3.19. The number of thiophene rings is 1. The molecular weight excluding hydrogens is 308 g/mol. The second kappa shape index (κ2) is 6.66. The van der Waals surface area contributed by atoms with Crippen molar-refractivity contribution in [2.75, 3.05) is 6.54 Å². The first-order valence-electron chi connectivity index (χ1n) is 7.52. The van der Waals surface area contributed by atoms with E-state index >= 15 is 0 Å². The topological polar surface area (TPSA) is 58.3 Å². The van der Waals surface area contributed by atoms with Crippen LogP contribution in [0.3, 0.4) is 0 Å². The summed E-state index contributed by atoms with van der Waals surface area (Å²) in [5.74, 6) is 0.617. The zero-order valence-corrected chi connectivity index (χ0v) is 14.1. The van der Waals surface area contributed by atoms with Gasteiger partial charge in [0, 0.05) is 18.7 Å². The lowest BCUT2D eigenvalue weighted by molar-refractivity contribution is 0.0570. The highest BCUT2D eigenvalue weighted by molar-refractivity contribution is 7.08. The molecule has 3 rings (SSSR count). The zero-order chi connectivity index (χ0) is 16.3. The predicted molar refractivity (Wildman–Crippen MR) is 92.3 cm³/mol. The van der Waals surface area contributed by atoms with Crippen LogP contribution in [0.1, 0.15) is 23.7 Å². The van der Waals surface area contributed by atoms with E-state index in [-0.39, 0.29) is 0 Å². The smallest absolute Gasteiger partial charge is 0.226 e. The molecule has 23 heavy (non-hydrogen) atoms. The van der Waals surface area contributed by atoms with Gasteiger partial charge in [0.05, 0.1) is 11.3 Å². The van der Waals surface area contributed by atoms with Gasteiger partial charge in [0.25, 0.3) is 0 Å². The van der Waals surface area contributed by atoms with E-state index in [0.29, 0.717) is 19.0 Å². The number of hydrogen-bond donors (Lipinski definition) is 2. The van der Waals surface area contributed by atoms with Crippen LogP contribution in [0.2, 0.25) is 0 Å². The third kappa shape index (κ3) is 3.88. The minimum absolute atomic E-state index is 0.455. The summed E-state index contributed by atoms with van der Waals surface area (Å²) < 4.78 is 5.53. The van der Waals surface area contributed by atoms with E-state index in [1.807, 2.05) is 54.9 Å². The third-order valence-electron chi connectivity index (χ3n) is 3.77. The molecule has 1 atom stereocenters. The molecule has 2 N–H and O–H groups in total. The molecule has 0 spiro atoms. The van der Waals surface area contributed by atoms with Crippen molar-refractivity contribution in [2.24, 2.45) is 0 Å². The molecule has 120 valence electrons. The molecule has 2 aromatic heterocycles. The van der Waals surface area contributed by atoms with Crippen LogP contribution in [0, 0.1) is 6.92 Å². The Balaban J connectivity index is 1.58. The Kier molecular flexibility index (Phi) is 4.61. The van der Waals surface area contributed by atoms with E-state index in [0.717, 1.165) is 16.8 Å². The largest absolute Gasteiger partial charge is 0.444 e. The van der Waals surface area contributed by atoms with Crippen LogP contribution < -0.4 is 5.32 Å². The summed E-state index contributed by atoms with van der Waals surface area (Å²) in [6, 6.07) is 10.0. The highest BCUT2D eigenvalue weighted by atomic mass is 32.1. The Bertz CT molecular complexity index is 746. The molecule has 4 nitrogen and oxygen atoms in total. The molecule has 0 amide bonds. The molecular formula is C18H20N2O2S. The molecule has 3 aromatic rings. The van der Waals surface area contributed by atoms with Crippen LogP contribution in [-0.4, -0.2) is 16.6 Å². The number of aromatic nitrogens is 1. The highest BCUT2D eigenvalue weighted by Crippen LogP contribution is 2.22. The van der Waals surface area contributed by atoms with E-state index in [2.05, 4.69) is 10.3 Å². The van der Waals surface area contributed by atoms with Crippen LogP contribution in [0.15, 0.2) is 51.8 Å². The van der Waals surface area contributed by atoms with Crippen LogP contribution in [0.4, 0.5) is 0 Å². The van der Waals surface area contributed by atoms with Gasteiger partial charge in [-0.05, 0) is 48.4 Å². The molecule has 0 radical (unpaired) electrons. The van der Waals surface area contributed by atoms with Crippen molar-refractivity contribution in [3.8, 4) is 11.5 Å². The van der Waals surface area contributed by atoms with Gasteiger partial charge in [-0.15, -0.1) is 0 Å². The van der Waals surface area contributed by atoms with Gasteiger partial charge in [-0.1, -0.05) is 17.7 Å². The maximum absolute atomic E-state index is 10.5. The van der Waals surface area contributed by atoms with E-state index in [1.165, 1.54) is 5.56 Å². The van der Waals surface area contributed by atoms with Gasteiger partial charge in [0.15, 0.2) is 0 Å². The Morgan fingerprint density at radius 1 is 1.26 bits per heavy atom. The molecule has 0 saturated carbocycles. The lowest BCUT2D eigenvalue weighted by Gasteiger charge is -2.22. The fourth-order valence-electron chi connectivity index (χ4n) is 2.32. The number of rotatable bonds is 6. The summed E-state index contributed by atoms with van der Waals surface area (Å²) >= 11 is 1.58. The quantitative estimate of drug-likeness (QED) is 0.724. The lowest BCUT2D eigenvalue weighted by atomic mass is 9.99. The number of nitrogens with zero attached hydrogens (tertiary/aromatic N) is 1. The SMILES string of the molecule is Cc1ccc(-c2nc(CNCC(C)(O)c3ccsc3)co2)cc1. The normalized spacial score (nSPS) is 13.9. The van der Waals surface area contributed by atoms with Crippen molar-refractivity contribution in [1.82, 2.24) is 10.3 Å². The first-order chi connectivity index (χ1) is 11.0. The van der Waals surface area contributed by atoms with Crippen LogP contribution in [-0.2, 0) is 12.1 Å². The van der Waals surface area contributed by atoms with E-state index in [9.17, 15) is 5.11 Å². The summed E-state index contributed by atoms with van der Waals surface area (Å²) in [6.45, 7) is 4.86. The molecule has 0 saturated heterocycles. The van der Waals surface area contributed by atoms with Crippen LogP contribution in [0.25, 0.3) is 11.5 Å². The van der Waals surface area contributed by atoms with Gasteiger partial charge < -0.3 is 14.8 Å². The first kappa shape index (κ1) is 15.9. The fourth-order valence-corrected chi connectivity index (χ4v) is 3.11. The van der Waals surface area contributed by atoms with Crippen molar-refractivity contribution in [1.29, 1.82) is 0 Å². The molecule has 5 heteroatoms. The predicted octanol–water partition coefficient (Wildman–Crippen LogP) is 3.71. The summed E-state index contributed by atoms with van der Waals surface area (Å²) in [7, 11) is 0. The maximum atomic E-state index is 10.5. The number of hydrogen-bond acceptors (Lipinski definition) is 5. The molecule has 0 aliphatic carbocycles. The Morgan fingerprint density at radius 3 is 2.74 bits per heavy atom. The van der Waals surface area contributed by atoms with E-state index in [4.69, 9.17) is 4.42 Å². The Labute approximate surface area is 139 Å². The summed E-state index contributed by atoms with van der Waals surface area (Å²) in [5, 5.41) is 17.6. The van der Waals surface area contributed by atoms with Crippen LogP contribution >= 0.6 is 11.3 Å². The molecule has 0 bridgehead atoms. The van der Waals surface area contributed by atoms with Crippen molar-refractivity contribution in [3.63, 3.8) is 0 Å². The second-order valence-electron chi connectivity index (χ2n) is 5.90. The second-order valence-corrected chi connectivity index (χ2v) is 6.68. The first-order valence-corrected chi connectivity index (χ1v) is 8.46. The van der Waals surface area contributed by atoms with Crippen molar-refractivity contribution < 1.29 is 9.52 Å². The monoisotopic (exact) mass is 328 g/mol. The number of aryl methyl sites for hydroxylation is 1. The lowest BCUT2D eigenvalue weighted by Crippen LogP contribution is -2.34. The molecule has 1 unspecified atom stereocenters. The molecule has 1 aromatic carbocycles. The van der Waals surface area contributed by atoms with Crippen LogP contribution in [0.5, 0.6) is 0 Å². The van der Waals surface area contributed by atoms with E-state index in [1.54, 1.807) is 17.6 Å². The summed E-state index contributed by atoms with van der Waals surface area (Å²) in [6.07, 6.45) is 1.65. The van der Waals surface area contributed by atoms with Crippen molar-refractivity contribution in [2.45, 2.75) is 26.0 Å². The fraction of sp³-hybridized carbons (Fsp3) is 0.278. The minimum atomic E-state index is -0.885. The van der Waals surface area contributed by atoms with Crippen molar-refractivity contribution >= 4 is 11.3 Å². The van der Waals surface area contributed by atoms with Gasteiger partial charge in [0.1, 0.15) is 6.26 Å². The summed E-state index contributed by atoms with van der Waals surface area (Å²) in [4.78, 5) is 4.48. The number of benzene rings is 1. The average molecular weight is 328 g/mol. The minimum Gasteiger partial charge on any atom is -0.444 e. The Hall–Kier alpha value is -1.95. The zero-order valence-electron chi connectivity index (χ0n) is 13.2. The van der Waals surface area contributed by atoms with Gasteiger partial charge in [-0.25, -0.2) is 4.98 Å². The van der Waals surface area contributed by atoms with Gasteiger partial charge in [0.2, 0.25) is 5.89 Å².